The number of aromatic nitrogens is 2. The third kappa shape index (κ3) is 2.57. The molecular weight excluding hydrogens is 236 g/mol. The van der Waals surface area contributed by atoms with Gasteiger partial charge in [-0.05, 0) is 29.4 Å². The molecule has 1 aromatic heterocycles. The number of hydrogen-bond donors (Lipinski definition) is 2. The van der Waals surface area contributed by atoms with Gasteiger partial charge in [0.15, 0.2) is 0 Å². The number of nitrogen functional groups attached to an aromatic ring is 1. The number of hydrogen-bond acceptors (Lipinski definition) is 6. The zero-order valence-corrected chi connectivity index (χ0v) is 9.71. The van der Waals surface area contributed by atoms with E-state index in [1.54, 1.807) is 24.3 Å². The van der Waals surface area contributed by atoms with Gasteiger partial charge in [0, 0.05) is 11.8 Å². The summed E-state index contributed by atoms with van der Waals surface area (Å²) in [5.74, 6) is 0.136. The van der Waals surface area contributed by atoms with E-state index in [9.17, 15) is 4.79 Å². The van der Waals surface area contributed by atoms with Crippen LogP contribution in [-0.2, 0) is 0 Å². The summed E-state index contributed by atoms with van der Waals surface area (Å²) < 4.78 is 9.68. The van der Waals surface area contributed by atoms with Crippen molar-refractivity contribution in [2.45, 2.75) is 6.92 Å². The molecule has 0 fully saturated rings. The molecule has 0 radical (unpaired) electrons. The highest BCUT2D eigenvalue weighted by molar-refractivity contribution is 6.05. The van der Waals surface area contributed by atoms with E-state index in [4.69, 9.17) is 10.5 Å². The number of rotatable bonds is 4. The molecule has 1 amide bonds. The van der Waals surface area contributed by atoms with Crippen LogP contribution in [-0.4, -0.2) is 22.8 Å². The molecule has 1 heterocycles. The van der Waals surface area contributed by atoms with E-state index in [0.29, 0.717) is 18.0 Å². The lowest BCUT2D eigenvalue weighted by Crippen LogP contribution is -2.14. The van der Waals surface area contributed by atoms with Crippen molar-refractivity contribution in [2.24, 2.45) is 0 Å². The van der Waals surface area contributed by atoms with Crippen molar-refractivity contribution in [2.75, 3.05) is 17.7 Å². The normalized spacial score (nSPS) is 10.1. The fourth-order valence-corrected chi connectivity index (χ4v) is 1.37. The molecule has 0 bridgehead atoms. The number of nitrogens with one attached hydrogen (secondary N) is 1. The van der Waals surface area contributed by atoms with Crippen LogP contribution < -0.4 is 15.8 Å². The molecule has 1 aromatic carbocycles. The molecule has 2 rings (SSSR count). The third-order valence-electron chi connectivity index (χ3n) is 2.13. The summed E-state index contributed by atoms with van der Waals surface area (Å²) in [5.41, 5.74) is 5.95. The van der Waals surface area contributed by atoms with Crippen molar-refractivity contribution in [1.29, 1.82) is 0 Å². The summed E-state index contributed by atoms with van der Waals surface area (Å²) in [6, 6.07) is 6.99. The molecule has 94 valence electrons. The minimum atomic E-state index is -0.484. The SMILES string of the molecule is CCOc1cccc(NC(=O)c2nonc2N)c1. The number of ether oxygens (including phenoxy) is 1. The molecule has 7 heteroatoms. The van der Waals surface area contributed by atoms with Crippen molar-refractivity contribution < 1.29 is 14.2 Å². The van der Waals surface area contributed by atoms with Gasteiger partial charge in [-0.15, -0.1) is 0 Å². The lowest BCUT2D eigenvalue weighted by molar-refractivity contribution is 0.101. The van der Waals surface area contributed by atoms with Crippen molar-refractivity contribution in [3.63, 3.8) is 0 Å². The Morgan fingerprint density at radius 3 is 3.00 bits per heavy atom. The second-order valence-corrected chi connectivity index (χ2v) is 3.41. The van der Waals surface area contributed by atoms with Gasteiger partial charge >= 0.3 is 0 Å². The summed E-state index contributed by atoms with van der Waals surface area (Å²) in [7, 11) is 0. The smallest absolute Gasteiger partial charge is 0.281 e. The third-order valence-corrected chi connectivity index (χ3v) is 2.13. The van der Waals surface area contributed by atoms with Crippen LogP contribution in [0.2, 0.25) is 0 Å². The fourth-order valence-electron chi connectivity index (χ4n) is 1.37. The molecule has 0 atom stereocenters. The lowest BCUT2D eigenvalue weighted by atomic mass is 10.3. The summed E-state index contributed by atoms with van der Waals surface area (Å²) in [6.45, 7) is 2.44. The van der Waals surface area contributed by atoms with Crippen molar-refractivity contribution in [3.8, 4) is 5.75 Å². The summed E-state index contributed by atoms with van der Waals surface area (Å²) >= 11 is 0. The lowest BCUT2D eigenvalue weighted by Gasteiger charge is -2.06. The van der Waals surface area contributed by atoms with Crippen LogP contribution in [0.5, 0.6) is 5.75 Å². The molecule has 0 saturated heterocycles. The predicted molar refractivity (Wildman–Crippen MR) is 64.3 cm³/mol. The maximum absolute atomic E-state index is 11.8. The monoisotopic (exact) mass is 248 g/mol. The number of nitrogens with zero attached hydrogens (tertiary/aromatic N) is 2. The molecule has 0 aliphatic rings. The molecule has 3 N–H and O–H groups in total. The Morgan fingerprint density at radius 1 is 1.50 bits per heavy atom. The van der Waals surface area contributed by atoms with Crippen LogP contribution in [0.1, 0.15) is 17.4 Å². The first-order valence-corrected chi connectivity index (χ1v) is 5.33. The van der Waals surface area contributed by atoms with Gasteiger partial charge in [-0.25, -0.2) is 4.63 Å². The number of carbonyl (C=O) groups is 1. The first-order valence-electron chi connectivity index (χ1n) is 5.33. The quantitative estimate of drug-likeness (QED) is 0.845. The standard InChI is InChI=1S/C11H12N4O3/c1-2-17-8-5-3-4-7(6-8)13-11(16)9-10(12)15-18-14-9/h3-6H,2H2,1H3,(H2,12,15)(H,13,16). The molecule has 0 spiro atoms. The Labute approximate surface area is 103 Å². The van der Waals surface area contributed by atoms with E-state index in [1.807, 2.05) is 6.92 Å². The van der Waals surface area contributed by atoms with Crippen LogP contribution in [0, 0.1) is 0 Å². The van der Waals surface area contributed by atoms with Crippen molar-refractivity contribution >= 4 is 17.4 Å². The number of benzene rings is 1. The summed E-state index contributed by atoms with van der Waals surface area (Å²) in [5, 5.41) is 9.37. The zero-order valence-electron chi connectivity index (χ0n) is 9.71. The fraction of sp³-hybridized carbons (Fsp3) is 0.182. The van der Waals surface area contributed by atoms with Crippen LogP contribution in [0.25, 0.3) is 0 Å². The average Bonchev–Trinajstić information content (AvgIpc) is 2.76. The minimum absolute atomic E-state index is 0.0446. The van der Waals surface area contributed by atoms with E-state index in [1.165, 1.54) is 0 Å². The van der Waals surface area contributed by atoms with E-state index in [-0.39, 0.29) is 11.5 Å². The highest BCUT2D eigenvalue weighted by Gasteiger charge is 2.16. The molecule has 0 aliphatic carbocycles. The molecule has 2 aromatic rings. The highest BCUT2D eigenvalue weighted by atomic mass is 16.6. The Kier molecular flexibility index (Phi) is 3.42. The second kappa shape index (κ2) is 5.17. The summed E-state index contributed by atoms with van der Waals surface area (Å²) in [6.07, 6.45) is 0. The molecule has 0 aliphatic heterocycles. The van der Waals surface area contributed by atoms with Crippen molar-refractivity contribution in [3.05, 3.63) is 30.0 Å². The molecule has 0 saturated carbocycles. The Balaban J connectivity index is 2.12. The van der Waals surface area contributed by atoms with E-state index >= 15 is 0 Å². The first-order chi connectivity index (χ1) is 8.70. The minimum Gasteiger partial charge on any atom is -0.494 e. The van der Waals surface area contributed by atoms with E-state index in [2.05, 4.69) is 20.3 Å². The maximum atomic E-state index is 11.8. The van der Waals surface area contributed by atoms with Crippen molar-refractivity contribution in [1.82, 2.24) is 10.3 Å². The van der Waals surface area contributed by atoms with E-state index < -0.39 is 5.91 Å². The van der Waals surface area contributed by atoms with Gasteiger partial charge in [-0.2, -0.15) is 0 Å². The first kappa shape index (κ1) is 11.9. The van der Waals surface area contributed by atoms with Gasteiger partial charge in [0.1, 0.15) is 5.75 Å². The number of carbonyl (C=O) groups excluding carboxylic acids is 1. The zero-order chi connectivity index (χ0) is 13.0. The van der Waals surface area contributed by atoms with Gasteiger partial charge < -0.3 is 15.8 Å². The van der Waals surface area contributed by atoms with Gasteiger partial charge in [0.25, 0.3) is 5.91 Å². The van der Waals surface area contributed by atoms with Gasteiger partial charge in [0.05, 0.1) is 6.61 Å². The van der Waals surface area contributed by atoms with E-state index in [0.717, 1.165) is 0 Å². The number of nitrogens with two attached hydrogens (primary N) is 1. The van der Waals surface area contributed by atoms with Crippen LogP contribution in [0.3, 0.4) is 0 Å². The van der Waals surface area contributed by atoms with Gasteiger partial charge in [-0.3, -0.25) is 4.79 Å². The summed E-state index contributed by atoms with van der Waals surface area (Å²) in [4.78, 5) is 11.8. The predicted octanol–water partition coefficient (Wildman–Crippen LogP) is 1.30. The van der Waals surface area contributed by atoms with Gasteiger partial charge in [-0.1, -0.05) is 6.07 Å². The molecule has 18 heavy (non-hydrogen) atoms. The number of amides is 1. The number of anilines is 2. The van der Waals surface area contributed by atoms with Crippen LogP contribution >= 0.6 is 0 Å². The second-order valence-electron chi connectivity index (χ2n) is 3.41. The van der Waals surface area contributed by atoms with Crippen LogP contribution in [0.4, 0.5) is 11.5 Å². The largest absolute Gasteiger partial charge is 0.494 e. The Bertz CT molecular complexity index is 553. The Morgan fingerprint density at radius 2 is 2.33 bits per heavy atom. The topological polar surface area (TPSA) is 103 Å². The Hall–Kier alpha value is -2.57. The van der Waals surface area contributed by atoms with Gasteiger partial charge in [0.2, 0.25) is 11.5 Å². The molecule has 0 unspecified atom stereocenters. The van der Waals surface area contributed by atoms with Crippen LogP contribution in [0.15, 0.2) is 28.9 Å². The maximum Gasteiger partial charge on any atom is 0.281 e. The highest BCUT2D eigenvalue weighted by Crippen LogP contribution is 2.18. The molecule has 7 nitrogen and oxygen atoms in total. The average molecular weight is 248 g/mol. The molecular formula is C11H12N4O3.